The Hall–Kier alpha value is -3.59. The van der Waals surface area contributed by atoms with Gasteiger partial charge in [-0.15, -0.1) is 10.2 Å². The van der Waals surface area contributed by atoms with Crippen LogP contribution < -0.4 is 5.32 Å². The van der Waals surface area contributed by atoms with Gasteiger partial charge in [0, 0.05) is 16.9 Å². The molecule has 0 saturated heterocycles. The summed E-state index contributed by atoms with van der Waals surface area (Å²) in [5.74, 6) is 0.147. The molecule has 4 rings (SSSR count). The summed E-state index contributed by atoms with van der Waals surface area (Å²) in [5, 5.41) is 11.7. The summed E-state index contributed by atoms with van der Waals surface area (Å²) in [4.78, 5) is 12.5. The van der Waals surface area contributed by atoms with E-state index in [2.05, 4.69) is 15.5 Å². The first kappa shape index (κ1) is 22.6. The number of nitrogens with one attached hydrogen (secondary N) is 1. The summed E-state index contributed by atoms with van der Waals surface area (Å²) >= 11 is 1.16. The van der Waals surface area contributed by atoms with E-state index < -0.39 is 17.6 Å². The molecule has 1 aromatic heterocycles. The Kier molecular flexibility index (Phi) is 6.50. The zero-order chi connectivity index (χ0) is 23.4. The number of para-hydroxylation sites is 1. The van der Waals surface area contributed by atoms with Crippen LogP contribution in [0.4, 0.5) is 18.9 Å². The highest BCUT2D eigenvalue weighted by Crippen LogP contribution is 2.31. The van der Waals surface area contributed by atoms with E-state index >= 15 is 0 Å². The number of aromatic nitrogens is 3. The number of hydrogen-bond donors (Lipinski definition) is 1. The molecule has 0 saturated carbocycles. The molecule has 0 atom stereocenters. The number of carbonyl (C=O) groups is 1. The minimum atomic E-state index is -4.48. The van der Waals surface area contributed by atoms with E-state index in [1.54, 1.807) is 0 Å². The maximum absolute atomic E-state index is 12.9. The summed E-state index contributed by atoms with van der Waals surface area (Å²) < 4.78 is 40.6. The fraction of sp³-hybridized carbons (Fsp3) is 0.125. The lowest BCUT2D eigenvalue weighted by Gasteiger charge is -2.12. The number of amides is 1. The van der Waals surface area contributed by atoms with E-state index in [1.807, 2.05) is 66.1 Å². The number of anilines is 1. The lowest BCUT2D eigenvalue weighted by molar-refractivity contribution is -0.137. The maximum atomic E-state index is 12.9. The molecule has 168 valence electrons. The van der Waals surface area contributed by atoms with Crippen LogP contribution in [0.3, 0.4) is 0 Å². The average molecular weight is 469 g/mol. The molecule has 0 bridgehead atoms. The second-order valence-electron chi connectivity index (χ2n) is 7.21. The number of alkyl halides is 3. The molecule has 1 N–H and O–H groups in total. The molecule has 0 spiro atoms. The molecule has 5 nitrogen and oxygen atoms in total. The minimum Gasteiger partial charge on any atom is -0.325 e. The van der Waals surface area contributed by atoms with Crippen LogP contribution in [0.5, 0.6) is 0 Å². The molecule has 9 heteroatoms. The quantitative estimate of drug-likeness (QED) is 0.353. The van der Waals surface area contributed by atoms with Gasteiger partial charge in [-0.2, -0.15) is 13.2 Å². The monoisotopic (exact) mass is 468 g/mol. The largest absolute Gasteiger partial charge is 0.416 e. The number of benzene rings is 3. The summed E-state index contributed by atoms with van der Waals surface area (Å²) in [6.07, 6.45) is -4.48. The molecule has 0 fully saturated rings. The van der Waals surface area contributed by atoms with Gasteiger partial charge in [-0.1, -0.05) is 60.3 Å². The van der Waals surface area contributed by atoms with E-state index in [9.17, 15) is 18.0 Å². The van der Waals surface area contributed by atoms with E-state index in [-0.39, 0.29) is 11.4 Å². The number of rotatable bonds is 6. The molecule has 3 aromatic carbocycles. The van der Waals surface area contributed by atoms with Gasteiger partial charge in [0.1, 0.15) is 0 Å². The highest BCUT2D eigenvalue weighted by Gasteiger charge is 2.30. The van der Waals surface area contributed by atoms with Gasteiger partial charge < -0.3 is 5.32 Å². The number of halogens is 3. The number of thioether (sulfide) groups is 1. The fourth-order valence-electron chi connectivity index (χ4n) is 3.27. The first-order chi connectivity index (χ1) is 15.8. The lowest BCUT2D eigenvalue weighted by Crippen LogP contribution is -2.15. The van der Waals surface area contributed by atoms with E-state index in [4.69, 9.17) is 0 Å². The molecule has 0 aliphatic carbocycles. The van der Waals surface area contributed by atoms with Crippen molar-refractivity contribution in [3.63, 3.8) is 0 Å². The molecule has 0 unspecified atom stereocenters. The van der Waals surface area contributed by atoms with Crippen LogP contribution >= 0.6 is 11.8 Å². The van der Waals surface area contributed by atoms with Gasteiger partial charge in [0.2, 0.25) is 5.91 Å². The standard InChI is InChI=1S/C24H19F3N4OS/c1-16-8-5-6-13-20(16)22-29-30-23(31(22)19-11-3-2-4-12-19)33-15-21(32)28-18-10-7-9-17(14-18)24(25,26)27/h2-14H,15H2,1H3,(H,28,32). The van der Waals surface area contributed by atoms with Gasteiger partial charge in [-0.05, 0) is 42.8 Å². The average Bonchev–Trinajstić information content (AvgIpc) is 3.22. The minimum absolute atomic E-state index is 0.0466. The number of carbonyl (C=O) groups excluding carboxylic acids is 1. The van der Waals surface area contributed by atoms with Gasteiger partial charge >= 0.3 is 6.18 Å². The summed E-state index contributed by atoms with van der Waals surface area (Å²) in [7, 11) is 0. The van der Waals surface area contributed by atoms with Gasteiger partial charge in [0.25, 0.3) is 0 Å². The summed E-state index contributed by atoms with van der Waals surface area (Å²) in [6, 6.07) is 21.8. The Labute approximate surface area is 192 Å². The molecule has 4 aromatic rings. The van der Waals surface area contributed by atoms with Crippen molar-refractivity contribution in [2.45, 2.75) is 18.3 Å². The van der Waals surface area contributed by atoms with Crippen LogP contribution in [0.15, 0.2) is 84.0 Å². The second kappa shape index (κ2) is 9.50. The Morgan fingerprint density at radius 2 is 1.70 bits per heavy atom. The predicted molar refractivity (Wildman–Crippen MR) is 122 cm³/mol. The van der Waals surface area contributed by atoms with Crippen LogP contribution in [0.2, 0.25) is 0 Å². The Morgan fingerprint density at radius 3 is 2.42 bits per heavy atom. The molecule has 0 aliphatic heterocycles. The molecular formula is C24H19F3N4OS. The van der Waals surface area contributed by atoms with Crippen molar-refractivity contribution in [1.82, 2.24) is 14.8 Å². The van der Waals surface area contributed by atoms with Gasteiger partial charge in [-0.3, -0.25) is 9.36 Å². The van der Waals surface area contributed by atoms with E-state index in [0.29, 0.717) is 11.0 Å². The highest BCUT2D eigenvalue weighted by molar-refractivity contribution is 7.99. The zero-order valence-electron chi connectivity index (χ0n) is 17.5. The molecule has 33 heavy (non-hydrogen) atoms. The van der Waals surface area contributed by atoms with Crippen molar-refractivity contribution >= 4 is 23.4 Å². The zero-order valence-corrected chi connectivity index (χ0v) is 18.3. The second-order valence-corrected chi connectivity index (χ2v) is 8.15. The topological polar surface area (TPSA) is 59.8 Å². The lowest BCUT2D eigenvalue weighted by atomic mass is 10.1. The summed E-state index contributed by atoms with van der Waals surface area (Å²) in [5.41, 5.74) is 2.04. The van der Waals surface area contributed by atoms with Crippen LogP contribution in [0.25, 0.3) is 17.1 Å². The molecule has 1 heterocycles. The maximum Gasteiger partial charge on any atom is 0.416 e. The molecular weight excluding hydrogens is 449 g/mol. The van der Waals surface area contributed by atoms with Gasteiger partial charge in [-0.25, -0.2) is 0 Å². The van der Waals surface area contributed by atoms with Crippen LogP contribution in [-0.4, -0.2) is 26.4 Å². The normalized spacial score (nSPS) is 11.4. The van der Waals surface area contributed by atoms with Gasteiger partial charge in [0.05, 0.1) is 11.3 Å². The van der Waals surface area contributed by atoms with Crippen LogP contribution in [0.1, 0.15) is 11.1 Å². The van der Waals surface area contributed by atoms with Crippen molar-refractivity contribution in [2.24, 2.45) is 0 Å². The summed E-state index contributed by atoms with van der Waals surface area (Å²) in [6.45, 7) is 1.98. The van der Waals surface area contributed by atoms with Crippen molar-refractivity contribution < 1.29 is 18.0 Å². The fourth-order valence-corrected chi connectivity index (χ4v) is 4.02. The SMILES string of the molecule is Cc1ccccc1-c1nnc(SCC(=O)Nc2cccc(C(F)(F)F)c2)n1-c1ccccc1. The first-order valence-corrected chi connectivity index (χ1v) is 11.0. The molecule has 0 radical (unpaired) electrons. The van der Waals surface area contributed by atoms with Crippen molar-refractivity contribution in [3.8, 4) is 17.1 Å². The third-order valence-electron chi connectivity index (χ3n) is 4.84. The predicted octanol–water partition coefficient (Wildman–Crippen LogP) is 5.99. The third kappa shape index (κ3) is 5.25. The van der Waals surface area contributed by atoms with Gasteiger partial charge in [0.15, 0.2) is 11.0 Å². The van der Waals surface area contributed by atoms with E-state index in [0.717, 1.165) is 40.7 Å². The smallest absolute Gasteiger partial charge is 0.325 e. The number of hydrogen-bond acceptors (Lipinski definition) is 4. The highest BCUT2D eigenvalue weighted by atomic mass is 32.2. The van der Waals surface area contributed by atoms with Crippen LogP contribution in [0, 0.1) is 6.92 Å². The number of nitrogens with zero attached hydrogens (tertiary/aromatic N) is 3. The third-order valence-corrected chi connectivity index (χ3v) is 5.77. The Morgan fingerprint density at radius 1 is 0.970 bits per heavy atom. The van der Waals surface area contributed by atoms with Crippen molar-refractivity contribution in [1.29, 1.82) is 0 Å². The van der Waals surface area contributed by atoms with Crippen molar-refractivity contribution in [2.75, 3.05) is 11.1 Å². The van der Waals surface area contributed by atoms with Crippen LogP contribution in [-0.2, 0) is 11.0 Å². The van der Waals surface area contributed by atoms with Crippen molar-refractivity contribution in [3.05, 3.63) is 90.0 Å². The molecule has 1 amide bonds. The number of aryl methyl sites for hydroxylation is 1. The molecule has 0 aliphatic rings. The Balaban J connectivity index is 1.57. The first-order valence-electron chi connectivity index (χ1n) is 9.99. The Bertz CT molecular complexity index is 1270. The van der Waals surface area contributed by atoms with E-state index in [1.165, 1.54) is 12.1 Å².